The average molecular weight is 257 g/mol. The van der Waals surface area contributed by atoms with Crippen molar-refractivity contribution in [1.82, 2.24) is 15.5 Å². The first-order valence-electron chi connectivity index (χ1n) is 7.08. The molecule has 0 aromatic carbocycles. The number of unbranched alkanes of at least 4 members (excludes halogenated alkanes) is 1. The standard InChI is InChI=1S/C14H31N3O/c1-11(2)16-14(18)13(5)15-9-7-8-10-17(6)12(3)4/h11-13,15H,7-10H2,1-6H3,(H,16,18). The van der Waals surface area contributed by atoms with Crippen LogP contribution in [0.2, 0.25) is 0 Å². The molecular weight excluding hydrogens is 226 g/mol. The van der Waals surface area contributed by atoms with Gasteiger partial charge in [0.05, 0.1) is 6.04 Å². The number of nitrogens with one attached hydrogen (secondary N) is 2. The molecule has 4 heteroatoms. The highest BCUT2D eigenvalue weighted by Crippen LogP contribution is 1.97. The Kier molecular flexibility index (Phi) is 9.02. The molecule has 1 atom stereocenters. The van der Waals surface area contributed by atoms with E-state index in [-0.39, 0.29) is 18.0 Å². The van der Waals surface area contributed by atoms with Gasteiger partial charge in [-0.1, -0.05) is 0 Å². The number of carbonyl (C=O) groups excluding carboxylic acids is 1. The summed E-state index contributed by atoms with van der Waals surface area (Å²) in [6.45, 7) is 12.3. The van der Waals surface area contributed by atoms with Crippen molar-refractivity contribution in [3.05, 3.63) is 0 Å². The van der Waals surface area contributed by atoms with Gasteiger partial charge in [-0.2, -0.15) is 0 Å². The lowest BCUT2D eigenvalue weighted by Crippen LogP contribution is -2.45. The molecule has 0 aliphatic heterocycles. The van der Waals surface area contributed by atoms with Crippen molar-refractivity contribution in [2.24, 2.45) is 0 Å². The highest BCUT2D eigenvalue weighted by Gasteiger charge is 2.12. The van der Waals surface area contributed by atoms with E-state index in [0.29, 0.717) is 6.04 Å². The predicted molar refractivity (Wildman–Crippen MR) is 77.7 cm³/mol. The number of hydrogen-bond acceptors (Lipinski definition) is 3. The lowest BCUT2D eigenvalue weighted by molar-refractivity contribution is -0.123. The van der Waals surface area contributed by atoms with Crippen molar-refractivity contribution in [2.75, 3.05) is 20.1 Å². The van der Waals surface area contributed by atoms with E-state index in [0.717, 1.165) is 19.5 Å². The van der Waals surface area contributed by atoms with Gasteiger partial charge >= 0.3 is 0 Å². The number of hydrogen-bond donors (Lipinski definition) is 2. The quantitative estimate of drug-likeness (QED) is 0.617. The Balaban J connectivity index is 3.57. The zero-order valence-corrected chi connectivity index (χ0v) is 12.9. The van der Waals surface area contributed by atoms with Gasteiger partial charge < -0.3 is 15.5 Å². The van der Waals surface area contributed by atoms with Crippen molar-refractivity contribution in [2.45, 2.75) is 65.6 Å². The van der Waals surface area contributed by atoms with Crippen LogP contribution in [0.5, 0.6) is 0 Å². The van der Waals surface area contributed by atoms with E-state index in [2.05, 4.69) is 36.4 Å². The van der Waals surface area contributed by atoms with Crippen LogP contribution in [-0.2, 0) is 4.79 Å². The molecule has 0 aromatic heterocycles. The van der Waals surface area contributed by atoms with Crippen LogP contribution in [0.1, 0.15) is 47.5 Å². The summed E-state index contributed by atoms with van der Waals surface area (Å²) in [6, 6.07) is 0.713. The molecule has 0 aliphatic rings. The van der Waals surface area contributed by atoms with E-state index in [4.69, 9.17) is 0 Å². The first-order chi connectivity index (χ1) is 8.34. The minimum absolute atomic E-state index is 0.0873. The van der Waals surface area contributed by atoms with Gasteiger partial charge in [-0.05, 0) is 67.6 Å². The summed E-state index contributed by atoms with van der Waals surface area (Å²) in [5, 5.41) is 6.17. The Morgan fingerprint density at radius 1 is 1.11 bits per heavy atom. The van der Waals surface area contributed by atoms with E-state index < -0.39 is 0 Å². The molecule has 0 saturated heterocycles. The van der Waals surface area contributed by atoms with E-state index >= 15 is 0 Å². The average Bonchev–Trinajstić information content (AvgIpc) is 2.26. The second-order valence-electron chi connectivity index (χ2n) is 5.62. The molecule has 4 nitrogen and oxygen atoms in total. The topological polar surface area (TPSA) is 44.4 Å². The molecule has 0 bridgehead atoms. The van der Waals surface area contributed by atoms with Crippen molar-refractivity contribution >= 4 is 5.91 Å². The Bertz CT molecular complexity index is 229. The smallest absolute Gasteiger partial charge is 0.237 e. The third kappa shape index (κ3) is 8.48. The van der Waals surface area contributed by atoms with Gasteiger partial charge in [0, 0.05) is 12.1 Å². The molecule has 0 aliphatic carbocycles. The van der Waals surface area contributed by atoms with E-state index in [9.17, 15) is 4.79 Å². The molecule has 1 unspecified atom stereocenters. The van der Waals surface area contributed by atoms with Gasteiger partial charge in [0.15, 0.2) is 0 Å². The van der Waals surface area contributed by atoms with Crippen molar-refractivity contribution in [3.63, 3.8) is 0 Å². The van der Waals surface area contributed by atoms with Crippen LogP contribution in [0.3, 0.4) is 0 Å². The predicted octanol–water partition coefficient (Wildman–Crippen LogP) is 1.61. The maximum atomic E-state index is 11.6. The summed E-state index contributed by atoms with van der Waals surface area (Å²) in [6.07, 6.45) is 2.27. The Labute approximate surface area is 113 Å². The van der Waals surface area contributed by atoms with Crippen LogP contribution in [-0.4, -0.2) is 49.1 Å². The van der Waals surface area contributed by atoms with Gasteiger partial charge in [-0.15, -0.1) is 0 Å². The molecule has 0 saturated carbocycles. The molecule has 18 heavy (non-hydrogen) atoms. The maximum Gasteiger partial charge on any atom is 0.237 e. The van der Waals surface area contributed by atoms with Crippen molar-refractivity contribution in [3.8, 4) is 0 Å². The number of nitrogens with zero attached hydrogens (tertiary/aromatic N) is 1. The fraction of sp³-hybridized carbons (Fsp3) is 0.929. The van der Waals surface area contributed by atoms with Gasteiger partial charge in [0.25, 0.3) is 0 Å². The molecule has 0 rings (SSSR count). The largest absolute Gasteiger partial charge is 0.353 e. The van der Waals surface area contributed by atoms with Gasteiger partial charge in [-0.3, -0.25) is 4.79 Å². The van der Waals surface area contributed by atoms with E-state index in [1.54, 1.807) is 0 Å². The minimum Gasteiger partial charge on any atom is -0.353 e. The lowest BCUT2D eigenvalue weighted by Gasteiger charge is -2.21. The third-order valence-electron chi connectivity index (χ3n) is 3.09. The number of carbonyl (C=O) groups is 1. The monoisotopic (exact) mass is 257 g/mol. The second-order valence-corrected chi connectivity index (χ2v) is 5.62. The Morgan fingerprint density at radius 3 is 2.22 bits per heavy atom. The molecule has 0 fully saturated rings. The molecule has 0 heterocycles. The summed E-state index contributed by atoms with van der Waals surface area (Å²) < 4.78 is 0. The summed E-state index contributed by atoms with van der Waals surface area (Å²) in [5.74, 6) is 0.0873. The highest BCUT2D eigenvalue weighted by molar-refractivity contribution is 5.81. The van der Waals surface area contributed by atoms with Gasteiger partial charge in [0.1, 0.15) is 0 Å². The van der Waals surface area contributed by atoms with Crippen LogP contribution in [0, 0.1) is 0 Å². The molecule has 108 valence electrons. The van der Waals surface area contributed by atoms with Crippen molar-refractivity contribution in [1.29, 1.82) is 0 Å². The first kappa shape index (κ1) is 17.4. The molecule has 0 spiro atoms. The fourth-order valence-corrected chi connectivity index (χ4v) is 1.57. The summed E-state index contributed by atoms with van der Waals surface area (Å²) in [7, 11) is 2.15. The van der Waals surface area contributed by atoms with Crippen molar-refractivity contribution < 1.29 is 4.79 Å². The van der Waals surface area contributed by atoms with Crippen LogP contribution in [0.4, 0.5) is 0 Å². The zero-order chi connectivity index (χ0) is 14.1. The molecule has 0 radical (unpaired) electrons. The molecule has 1 amide bonds. The lowest BCUT2D eigenvalue weighted by atomic mass is 10.2. The van der Waals surface area contributed by atoms with Crippen LogP contribution >= 0.6 is 0 Å². The summed E-state index contributed by atoms with van der Waals surface area (Å²) >= 11 is 0. The van der Waals surface area contributed by atoms with Gasteiger partial charge in [-0.25, -0.2) is 0 Å². The second kappa shape index (κ2) is 9.34. The molecular formula is C14H31N3O. The zero-order valence-electron chi connectivity index (χ0n) is 12.9. The Morgan fingerprint density at radius 2 is 1.72 bits per heavy atom. The summed E-state index contributed by atoms with van der Waals surface area (Å²) in [5.41, 5.74) is 0. The summed E-state index contributed by atoms with van der Waals surface area (Å²) in [4.78, 5) is 14.0. The normalized spacial score (nSPS) is 13.4. The molecule has 0 aromatic rings. The van der Waals surface area contributed by atoms with E-state index in [1.807, 2.05) is 20.8 Å². The van der Waals surface area contributed by atoms with Crippen LogP contribution < -0.4 is 10.6 Å². The van der Waals surface area contributed by atoms with Crippen LogP contribution in [0.15, 0.2) is 0 Å². The first-order valence-corrected chi connectivity index (χ1v) is 7.08. The minimum atomic E-state index is -0.102. The SMILES string of the molecule is CC(C)NC(=O)C(C)NCCCCN(C)C(C)C. The highest BCUT2D eigenvalue weighted by atomic mass is 16.2. The van der Waals surface area contributed by atoms with E-state index in [1.165, 1.54) is 6.42 Å². The Hall–Kier alpha value is -0.610. The fourth-order valence-electron chi connectivity index (χ4n) is 1.57. The maximum absolute atomic E-state index is 11.6. The third-order valence-corrected chi connectivity index (χ3v) is 3.09. The van der Waals surface area contributed by atoms with Gasteiger partial charge in [0.2, 0.25) is 5.91 Å². The number of amides is 1. The molecule has 2 N–H and O–H groups in total. The number of rotatable bonds is 9. The van der Waals surface area contributed by atoms with Crippen LogP contribution in [0.25, 0.3) is 0 Å².